The summed E-state index contributed by atoms with van der Waals surface area (Å²) in [7, 11) is 0. The van der Waals surface area contributed by atoms with Crippen LogP contribution in [-0.2, 0) is 0 Å². The lowest BCUT2D eigenvalue weighted by molar-refractivity contribution is -0.385. The molecule has 1 heterocycles. The van der Waals surface area contributed by atoms with Gasteiger partial charge in [-0.15, -0.1) is 0 Å². The van der Waals surface area contributed by atoms with Crippen LogP contribution in [0.1, 0.15) is 20.7 Å². The molecule has 0 radical (unpaired) electrons. The predicted octanol–water partition coefficient (Wildman–Crippen LogP) is 2.85. The highest BCUT2D eigenvalue weighted by atomic mass is 35.5. The fourth-order valence-corrected chi connectivity index (χ4v) is 3.06. The average molecular weight is 374 g/mol. The fourth-order valence-electron chi connectivity index (χ4n) is 2.89. The number of nitro groups is 1. The Hall–Kier alpha value is -2.93. The smallest absolute Gasteiger partial charge is 0.282 e. The standard InChI is InChI=1S/C18H16ClN3O4/c19-14-6-7-16(22(25)26)15(12-14)18(24)21-10-8-20(9-11-21)17(23)13-4-2-1-3-5-13/h1-7,12H,8-11H2. The van der Waals surface area contributed by atoms with E-state index in [9.17, 15) is 19.7 Å². The van der Waals surface area contributed by atoms with E-state index < -0.39 is 10.8 Å². The normalized spacial score (nSPS) is 14.2. The molecule has 2 aromatic rings. The SMILES string of the molecule is O=C(c1ccccc1)N1CCN(C(=O)c2cc(Cl)ccc2[N+](=O)[O-])CC1. The summed E-state index contributed by atoms with van der Waals surface area (Å²) < 4.78 is 0. The third kappa shape index (κ3) is 3.67. The van der Waals surface area contributed by atoms with Gasteiger partial charge in [-0.05, 0) is 24.3 Å². The molecule has 0 aliphatic carbocycles. The quantitative estimate of drug-likeness (QED) is 0.611. The molecule has 7 nitrogen and oxygen atoms in total. The summed E-state index contributed by atoms with van der Waals surface area (Å²) in [5, 5.41) is 11.4. The van der Waals surface area contributed by atoms with Gasteiger partial charge in [-0.2, -0.15) is 0 Å². The minimum Gasteiger partial charge on any atom is -0.335 e. The van der Waals surface area contributed by atoms with E-state index in [4.69, 9.17) is 11.6 Å². The molecular weight excluding hydrogens is 358 g/mol. The molecule has 0 spiro atoms. The highest BCUT2D eigenvalue weighted by Crippen LogP contribution is 2.24. The Kier molecular flexibility index (Phi) is 5.18. The molecule has 0 atom stereocenters. The van der Waals surface area contributed by atoms with Crippen molar-refractivity contribution in [1.82, 2.24) is 9.80 Å². The molecule has 1 saturated heterocycles. The number of piperazine rings is 1. The van der Waals surface area contributed by atoms with Crippen molar-refractivity contribution in [3.05, 3.63) is 74.8 Å². The van der Waals surface area contributed by atoms with Gasteiger partial charge in [0.15, 0.2) is 0 Å². The molecule has 1 fully saturated rings. The van der Waals surface area contributed by atoms with Crippen molar-refractivity contribution in [1.29, 1.82) is 0 Å². The molecule has 0 bridgehead atoms. The Morgan fingerprint density at radius 3 is 2.08 bits per heavy atom. The largest absolute Gasteiger partial charge is 0.335 e. The second kappa shape index (κ2) is 7.53. The Morgan fingerprint density at radius 2 is 1.50 bits per heavy atom. The molecule has 0 aromatic heterocycles. The summed E-state index contributed by atoms with van der Waals surface area (Å²) in [6, 6.07) is 12.8. The van der Waals surface area contributed by atoms with Crippen molar-refractivity contribution >= 4 is 29.1 Å². The highest BCUT2D eigenvalue weighted by Gasteiger charge is 2.29. The van der Waals surface area contributed by atoms with E-state index in [2.05, 4.69) is 0 Å². The third-order valence-corrected chi connectivity index (χ3v) is 4.50. The van der Waals surface area contributed by atoms with Crippen molar-refractivity contribution in [3.8, 4) is 0 Å². The van der Waals surface area contributed by atoms with Crippen molar-refractivity contribution in [2.24, 2.45) is 0 Å². The number of benzene rings is 2. The van der Waals surface area contributed by atoms with Gasteiger partial charge in [0.2, 0.25) is 0 Å². The van der Waals surface area contributed by atoms with E-state index in [-0.39, 0.29) is 22.2 Å². The van der Waals surface area contributed by atoms with E-state index >= 15 is 0 Å². The van der Waals surface area contributed by atoms with Crippen LogP contribution in [0.4, 0.5) is 5.69 Å². The van der Waals surface area contributed by atoms with Gasteiger partial charge in [0.1, 0.15) is 5.56 Å². The van der Waals surface area contributed by atoms with Crippen molar-refractivity contribution in [2.75, 3.05) is 26.2 Å². The molecule has 2 aromatic carbocycles. The summed E-state index contributed by atoms with van der Waals surface area (Å²) in [5.74, 6) is -0.544. The number of nitrogens with zero attached hydrogens (tertiary/aromatic N) is 3. The summed E-state index contributed by atoms with van der Waals surface area (Å²) in [6.07, 6.45) is 0. The van der Waals surface area contributed by atoms with Gasteiger partial charge in [0.25, 0.3) is 17.5 Å². The number of nitro benzene ring substituents is 1. The molecule has 1 aliphatic rings. The average Bonchev–Trinajstić information content (AvgIpc) is 2.67. The monoisotopic (exact) mass is 373 g/mol. The van der Waals surface area contributed by atoms with Crippen LogP contribution in [0.3, 0.4) is 0 Å². The maximum Gasteiger partial charge on any atom is 0.282 e. The summed E-state index contributed by atoms with van der Waals surface area (Å²) >= 11 is 5.89. The molecule has 0 unspecified atom stereocenters. The zero-order chi connectivity index (χ0) is 18.7. The Morgan fingerprint density at radius 1 is 0.923 bits per heavy atom. The minimum atomic E-state index is -0.598. The lowest BCUT2D eigenvalue weighted by Gasteiger charge is -2.34. The van der Waals surface area contributed by atoms with Gasteiger partial charge < -0.3 is 9.80 Å². The van der Waals surface area contributed by atoms with E-state index in [0.717, 1.165) is 0 Å². The number of carbonyl (C=O) groups excluding carboxylic acids is 2. The first-order chi connectivity index (χ1) is 12.5. The topological polar surface area (TPSA) is 83.8 Å². The molecule has 0 saturated carbocycles. The van der Waals surface area contributed by atoms with Gasteiger partial charge in [-0.25, -0.2) is 0 Å². The maximum atomic E-state index is 12.7. The number of amides is 2. The first-order valence-electron chi connectivity index (χ1n) is 8.05. The summed E-state index contributed by atoms with van der Waals surface area (Å²) in [6.45, 7) is 1.35. The molecule has 8 heteroatoms. The van der Waals surface area contributed by atoms with Gasteiger partial charge in [-0.1, -0.05) is 29.8 Å². The van der Waals surface area contributed by atoms with Crippen LogP contribution in [0, 0.1) is 10.1 Å². The molecule has 134 valence electrons. The number of hydrogen-bond acceptors (Lipinski definition) is 4. The van der Waals surface area contributed by atoms with E-state index in [1.54, 1.807) is 29.2 Å². The van der Waals surface area contributed by atoms with E-state index in [0.29, 0.717) is 31.7 Å². The van der Waals surface area contributed by atoms with Crippen molar-refractivity contribution in [2.45, 2.75) is 0 Å². The second-order valence-electron chi connectivity index (χ2n) is 5.87. The van der Waals surface area contributed by atoms with Crippen LogP contribution in [0.2, 0.25) is 5.02 Å². The molecule has 26 heavy (non-hydrogen) atoms. The Labute approximate surface area is 154 Å². The van der Waals surface area contributed by atoms with Gasteiger partial charge in [-0.3, -0.25) is 19.7 Å². The molecule has 3 rings (SSSR count). The van der Waals surface area contributed by atoms with Gasteiger partial charge in [0.05, 0.1) is 4.92 Å². The van der Waals surface area contributed by atoms with Crippen LogP contribution in [0.25, 0.3) is 0 Å². The fraction of sp³-hybridized carbons (Fsp3) is 0.222. The van der Waals surface area contributed by atoms with Crippen LogP contribution in [0.5, 0.6) is 0 Å². The number of carbonyl (C=O) groups is 2. The maximum absolute atomic E-state index is 12.7. The number of rotatable bonds is 3. The number of halogens is 1. The molecule has 1 aliphatic heterocycles. The Bertz CT molecular complexity index is 849. The van der Waals surface area contributed by atoms with Crippen LogP contribution < -0.4 is 0 Å². The van der Waals surface area contributed by atoms with E-state index in [1.165, 1.54) is 23.1 Å². The highest BCUT2D eigenvalue weighted by molar-refractivity contribution is 6.31. The van der Waals surface area contributed by atoms with Gasteiger partial charge >= 0.3 is 0 Å². The first-order valence-corrected chi connectivity index (χ1v) is 8.42. The first kappa shape index (κ1) is 17.9. The van der Waals surface area contributed by atoms with Crippen molar-refractivity contribution < 1.29 is 14.5 Å². The summed E-state index contributed by atoms with van der Waals surface area (Å²) in [4.78, 5) is 38.9. The summed E-state index contributed by atoms with van der Waals surface area (Å²) in [5.41, 5.74) is 0.283. The minimum absolute atomic E-state index is 0.0367. The lowest BCUT2D eigenvalue weighted by atomic mass is 10.1. The third-order valence-electron chi connectivity index (χ3n) is 4.26. The van der Waals surface area contributed by atoms with Crippen molar-refractivity contribution in [3.63, 3.8) is 0 Å². The second-order valence-corrected chi connectivity index (χ2v) is 6.31. The zero-order valence-electron chi connectivity index (χ0n) is 13.8. The van der Waals surface area contributed by atoms with Crippen LogP contribution in [-0.4, -0.2) is 52.7 Å². The molecular formula is C18H16ClN3O4. The van der Waals surface area contributed by atoms with Gasteiger partial charge in [0, 0.05) is 42.8 Å². The zero-order valence-corrected chi connectivity index (χ0v) is 14.6. The number of hydrogen-bond donors (Lipinski definition) is 0. The van der Waals surface area contributed by atoms with Crippen LogP contribution >= 0.6 is 11.6 Å². The predicted molar refractivity (Wildman–Crippen MR) is 96.4 cm³/mol. The van der Waals surface area contributed by atoms with E-state index in [1.807, 2.05) is 6.07 Å². The Balaban J connectivity index is 1.71. The lowest BCUT2D eigenvalue weighted by Crippen LogP contribution is -2.50. The molecule has 2 amide bonds. The van der Waals surface area contributed by atoms with Crippen LogP contribution in [0.15, 0.2) is 48.5 Å². The molecule has 0 N–H and O–H groups in total.